The summed E-state index contributed by atoms with van der Waals surface area (Å²) in [5.74, 6) is -0.613. The molecule has 12 heteroatoms. The van der Waals surface area contributed by atoms with Crippen molar-refractivity contribution in [1.29, 1.82) is 0 Å². The van der Waals surface area contributed by atoms with Crippen LogP contribution in [0.4, 0.5) is 0 Å². The lowest BCUT2D eigenvalue weighted by molar-refractivity contribution is -0.118. The highest BCUT2D eigenvalue weighted by molar-refractivity contribution is 7.90. The Bertz CT molecular complexity index is 1210. The van der Waals surface area contributed by atoms with E-state index >= 15 is 0 Å². The smallest absolute Gasteiger partial charge is 0.344 e. The fourth-order valence-electron chi connectivity index (χ4n) is 4.08. The number of allylic oxidation sites excluding steroid dienone is 2. The molecule has 0 radical (unpaired) electrons. The van der Waals surface area contributed by atoms with E-state index in [1.807, 2.05) is 0 Å². The van der Waals surface area contributed by atoms with Gasteiger partial charge in [0.25, 0.3) is 0 Å². The maximum atomic E-state index is 12.9. The maximum absolute atomic E-state index is 12.9. The number of benzene rings is 1. The van der Waals surface area contributed by atoms with E-state index in [1.165, 1.54) is 23.0 Å². The molecule has 1 fully saturated rings. The van der Waals surface area contributed by atoms with E-state index in [0.717, 1.165) is 19.1 Å². The molecular weight excluding hydrogens is 486 g/mol. The van der Waals surface area contributed by atoms with Crippen molar-refractivity contribution in [1.82, 2.24) is 15.0 Å². The Hall–Kier alpha value is -2.76. The number of halogens is 1. The minimum atomic E-state index is -3.70. The number of sulfone groups is 1. The molecule has 0 aliphatic heterocycles. The molecule has 0 spiro atoms. The van der Waals surface area contributed by atoms with Crippen molar-refractivity contribution in [3.63, 3.8) is 0 Å². The third-order valence-corrected chi connectivity index (χ3v) is 7.28. The number of hydrogen-bond acceptors (Lipinski definition) is 9. The zero-order valence-corrected chi connectivity index (χ0v) is 20.0. The summed E-state index contributed by atoms with van der Waals surface area (Å²) in [6, 6.07) is 2.54. The van der Waals surface area contributed by atoms with Crippen LogP contribution in [-0.2, 0) is 30.7 Å². The molecule has 1 heterocycles. The Morgan fingerprint density at radius 2 is 1.88 bits per heavy atom. The standard InChI is InChI=1S/C22H24ClN3O7S/c1-34(29,30)19-5-4-16(22(28)33-18-13-17(27)14-2-3-15(18)12-14)20(23)21(19)32-11-10-31-9-8-26-24-6-7-25-26/h4-7,13-15H,2-3,8-12H2,1H3. The number of carbonyl (C=O) groups is 2. The Balaban J connectivity index is 1.44. The van der Waals surface area contributed by atoms with Crippen LogP contribution in [0.25, 0.3) is 0 Å². The van der Waals surface area contributed by atoms with E-state index in [9.17, 15) is 18.0 Å². The van der Waals surface area contributed by atoms with Gasteiger partial charge in [-0.2, -0.15) is 15.0 Å². The first kappa shape index (κ1) is 24.4. The molecule has 0 saturated heterocycles. The Kier molecular flexibility index (Phi) is 7.34. The van der Waals surface area contributed by atoms with Gasteiger partial charge in [-0.25, -0.2) is 13.2 Å². The number of ketones is 1. The van der Waals surface area contributed by atoms with Crippen LogP contribution in [0.5, 0.6) is 5.75 Å². The van der Waals surface area contributed by atoms with Gasteiger partial charge < -0.3 is 14.2 Å². The van der Waals surface area contributed by atoms with Crippen LogP contribution in [-0.4, -0.2) is 61.2 Å². The normalized spacial score (nSPS) is 19.7. The molecule has 2 atom stereocenters. The molecule has 2 unspecified atom stereocenters. The molecule has 182 valence electrons. The van der Waals surface area contributed by atoms with Crippen molar-refractivity contribution in [3.05, 3.63) is 46.9 Å². The Labute approximate surface area is 201 Å². The molecule has 4 rings (SSSR count). The molecule has 2 aliphatic rings. The minimum absolute atomic E-state index is 0.00288. The van der Waals surface area contributed by atoms with E-state index in [4.69, 9.17) is 25.8 Å². The van der Waals surface area contributed by atoms with Gasteiger partial charge in [0, 0.05) is 24.2 Å². The van der Waals surface area contributed by atoms with Gasteiger partial charge in [0.15, 0.2) is 21.4 Å². The lowest BCUT2D eigenvalue weighted by Gasteiger charge is -2.20. The van der Waals surface area contributed by atoms with Gasteiger partial charge in [-0.1, -0.05) is 11.6 Å². The highest BCUT2D eigenvalue weighted by Gasteiger charge is 2.38. The van der Waals surface area contributed by atoms with Crippen LogP contribution in [0.3, 0.4) is 0 Å². The topological polar surface area (TPSA) is 127 Å². The third kappa shape index (κ3) is 5.48. The summed E-state index contributed by atoms with van der Waals surface area (Å²) in [6.07, 6.45) is 7.75. The summed E-state index contributed by atoms with van der Waals surface area (Å²) >= 11 is 6.41. The van der Waals surface area contributed by atoms with Crippen LogP contribution >= 0.6 is 11.6 Å². The average molecular weight is 510 g/mol. The minimum Gasteiger partial charge on any atom is -0.488 e. The van der Waals surface area contributed by atoms with E-state index in [1.54, 1.807) is 12.4 Å². The summed E-state index contributed by atoms with van der Waals surface area (Å²) < 4.78 is 41.1. The third-order valence-electron chi connectivity index (χ3n) is 5.79. The number of esters is 1. The van der Waals surface area contributed by atoms with Gasteiger partial charge in [0.05, 0.1) is 42.7 Å². The van der Waals surface area contributed by atoms with Crippen molar-refractivity contribution in [2.45, 2.75) is 30.7 Å². The molecule has 0 N–H and O–H groups in total. The monoisotopic (exact) mass is 509 g/mol. The number of rotatable bonds is 10. The number of carbonyl (C=O) groups excluding carboxylic acids is 2. The summed E-state index contributed by atoms with van der Waals surface area (Å²) in [4.78, 5) is 26.3. The Morgan fingerprint density at radius 3 is 2.62 bits per heavy atom. The molecule has 1 saturated carbocycles. The number of aromatic nitrogens is 3. The van der Waals surface area contributed by atoms with Crippen LogP contribution in [0, 0.1) is 11.8 Å². The number of nitrogens with zero attached hydrogens (tertiary/aromatic N) is 3. The first-order valence-corrected chi connectivity index (χ1v) is 13.1. The summed E-state index contributed by atoms with van der Waals surface area (Å²) in [5.41, 5.74) is -0.0526. The summed E-state index contributed by atoms with van der Waals surface area (Å²) in [7, 11) is -3.70. The molecule has 10 nitrogen and oxygen atoms in total. The van der Waals surface area contributed by atoms with Gasteiger partial charge in [-0.3, -0.25) is 4.79 Å². The fraction of sp³-hybridized carbons (Fsp3) is 0.455. The number of hydrogen-bond donors (Lipinski definition) is 0. The van der Waals surface area contributed by atoms with Crippen molar-refractivity contribution in [3.8, 4) is 5.75 Å². The van der Waals surface area contributed by atoms with Crippen LogP contribution in [0.1, 0.15) is 29.6 Å². The molecule has 2 aliphatic carbocycles. The first-order valence-electron chi connectivity index (χ1n) is 10.8. The quantitative estimate of drug-likeness (QED) is 0.350. The van der Waals surface area contributed by atoms with E-state index < -0.39 is 15.8 Å². The van der Waals surface area contributed by atoms with Crippen molar-refractivity contribution in [2.24, 2.45) is 11.8 Å². The van der Waals surface area contributed by atoms with Gasteiger partial charge in [-0.05, 0) is 31.4 Å². The second kappa shape index (κ2) is 10.2. The number of ether oxygens (including phenoxy) is 3. The molecule has 34 heavy (non-hydrogen) atoms. The molecule has 2 aromatic rings. The largest absolute Gasteiger partial charge is 0.488 e. The average Bonchev–Trinajstić information content (AvgIpc) is 3.45. The van der Waals surface area contributed by atoms with E-state index in [0.29, 0.717) is 25.3 Å². The zero-order valence-electron chi connectivity index (χ0n) is 18.5. The predicted molar refractivity (Wildman–Crippen MR) is 120 cm³/mol. The molecule has 0 amide bonds. The lowest BCUT2D eigenvalue weighted by atomic mass is 9.93. The van der Waals surface area contributed by atoms with Crippen LogP contribution < -0.4 is 4.74 Å². The zero-order chi connectivity index (χ0) is 24.3. The maximum Gasteiger partial charge on any atom is 0.344 e. The van der Waals surface area contributed by atoms with Gasteiger partial charge in [0.2, 0.25) is 0 Å². The Morgan fingerprint density at radius 1 is 1.15 bits per heavy atom. The van der Waals surface area contributed by atoms with Crippen molar-refractivity contribution >= 4 is 33.2 Å². The molecular formula is C22H24ClN3O7S. The summed E-state index contributed by atoms with van der Waals surface area (Å²) in [6.45, 7) is 0.917. The highest BCUT2D eigenvalue weighted by atomic mass is 35.5. The van der Waals surface area contributed by atoms with Gasteiger partial charge in [0.1, 0.15) is 17.3 Å². The second-order valence-electron chi connectivity index (χ2n) is 8.16. The SMILES string of the molecule is CS(=O)(=O)c1ccc(C(=O)OC2=CC(=O)C3CCC2C3)c(Cl)c1OCCOCCn1nccn1. The highest BCUT2D eigenvalue weighted by Crippen LogP contribution is 2.42. The lowest BCUT2D eigenvalue weighted by Crippen LogP contribution is -2.20. The van der Waals surface area contributed by atoms with Crippen LogP contribution in [0.15, 0.2) is 41.3 Å². The van der Waals surface area contributed by atoms with Gasteiger partial charge in [-0.15, -0.1) is 0 Å². The number of fused-ring (bicyclic) bond motifs is 2. The van der Waals surface area contributed by atoms with Crippen LogP contribution in [0.2, 0.25) is 5.02 Å². The van der Waals surface area contributed by atoms with Crippen molar-refractivity contribution < 1.29 is 32.2 Å². The molecule has 1 aromatic heterocycles. The molecule has 1 aromatic carbocycles. The summed E-state index contributed by atoms with van der Waals surface area (Å²) in [5, 5.41) is 7.74. The first-order chi connectivity index (χ1) is 16.2. The molecule has 2 bridgehead atoms. The second-order valence-corrected chi connectivity index (χ2v) is 10.5. The predicted octanol–water partition coefficient (Wildman–Crippen LogP) is 2.47. The van der Waals surface area contributed by atoms with Crippen molar-refractivity contribution in [2.75, 3.05) is 26.1 Å². The fourth-order valence-corrected chi connectivity index (χ4v) is 5.25. The van der Waals surface area contributed by atoms with E-state index in [2.05, 4.69) is 10.2 Å². The van der Waals surface area contributed by atoms with E-state index in [-0.39, 0.29) is 52.1 Å². The van der Waals surface area contributed by atoms with Gasteiger partial charge >= 0.3 is 5.97 Å².